The smallest absolute Gasteiger partial charge is 0.255 e. The van der Waals surface area contributed by atoms with E-state index in [1.165, 1.54) is 5.56 Å². The van der Waals surface area contributed by atoms with Gasteiger partial charge in [0, 0.05) is 16.9 Å². The topological polar surface area (TPSA) is 59.8 Å². The van der Waals surface area contributed by atoms with E-state index in [0.29, 0.717) is 5.56 Å². The van der Waals surface area contributed by atoms with Gasteiger partial charge in [0.2, 0.25) is 0 Å². The van der Waals surface area contributed by atoms with Crippen LogP contribution in [0.3, 0.4) is 0 Å². The van der Waals surface area contributed by atoms with E-state index in [9.17, 15) is 4.79 Å². The molecule has 122 valence electrons. The van der Waals surface area contributed by atoms with Crippen molar-refractivity contribution in [2.75, 3.05) is 5.32 Å². The highest BCUT2D eigenvalue weighted by atomic mass is 16.1. The number of hydrogen-bond acceptors (Lipinski definition) is 3. The summed E-state index contributed by atoms with van der Waals surface area (Å²) >= 11 is 0. The zero-order valence-electron chi connectivity index (χ0n) is 14.0. The van der Waals surface area contributed by atoms with E-state index in [-0.39, 0.29) is 11.3 Å². The lowest BCUT2D eigenvalue weighted by atomic mass is 9.87. The van der Waals surface area contributed by atoms with Gasteiger partial charge in [-0.05, 0) is 47.4 Å². The molecule has 0 saturated carbocycles. The van der Waals surface area contributed by atoms with Crippen LogP contribution in [0.2, 0.25) is 0 Å². The number of nitrogens with zero attached hydrogens (tertiary/aromatic N) is 3. The number of carbonyl (C=O) groups is 1. The second-order valence-corrected chi connectivity index (χ2v) is 6.70. The first-order chi connectivity index (χ1) is 11.4. The highest BCUT2D eigenvalue weighted by Crippen LogP contribution is 2.22. The zero-order valence-corrected chi connectivity index (χ0v) is 14.0. The molecule has 1 N–H and O–H groups in total. The van der Waals surface area contributed by atoms with Gasteiger partial charge in [-0.15, -0.1) is 10.2 Å². The summed E-state index contributed by atoms with van der Waals surface area (Å²) < 4.78 is 1.80. The fraction of sp³-hybridized carbons (Fsp3) is 0.211. The SMILES string of the molecule is CC(C)(C)c1ccc(C(=O)Nc2ccc(-n3cnnc3)cc2)cc1. The van der Waals surface area contributed by atoms with Crippen molar-refractivity contribution in [1.29, 1.82) is 0 Å². The molecule has 0 fully saturated rings. The minimum absolute atomic E-state index is 0.0764. The Bertz CT molecular complexity index is 813. The van der Waals surface area contributed by atoms with Crippen LogP contribution in [0.25, 0.3) is 5.69 Å². The molecule has 0 bridgehead atoms. The summed E-state index contributed by atoms with van der Waals surface area (Å²) in [7, 11) is 0. The highest BCUT2D eigenvalue weighted by Gasteiger charge is 2.14. The van der Waals surface area contributed by atoms with Gasteiger partial charge in [0.25, 0.3) is 5.91 Å². The standard InChI is InChI=1S/C19H20N4O/c1-19(2,3)15-6-4-14(5-7-15)18(24)22-16-8-10-17(11-9-16)23-12-20-21-13-23/h4-13H,1-3H3,(H,22,24). The largest absolute Gasteiger partial charge is 0.322 e. The molecule has 0 saturated heterocycles. The first-order valence-electron chi connectivity index (χ1n) is 7.80. The monoisotopic (exact) mass is 320 g/mol. The molecular formula is C19H20N4O. The number of rotatable bonds is 3. The molecule has 0 aliphatic heterocycles. The van der Waals surface area contributed by atoms with Crippen LogP contribution in [0.15, 0.2) is 61.2 Å². The van der Waals surface area contributed by atoms with Gasteiger partial charge in [0.15, 0.2) is 0 Å². The molecule has 24 heavy (non-hydrogen) atoms. The van der Waals surface area contributed by atoms with E-state index < -0.39 is 0 Å². The summed E-state index contributed by atoms with van der Waals surface area (Å²) in [6, 6.07) is 15.3. The maximum Gasteiger partial charge on any atom is 0.255 e. The third-order valence-electron chi connectivity index (χ3n) is 3.86. The molecule has 2 aromatic carbocycles. The summed E-state index contributed by atoms with van der Waals surface area (Å²) in [6.07, 6.45) is 3.26. The van der Waals surface area contributed by atoms with Crippen LogP contribution in [-0.4, -0.2) is 20.7 Å². The normalized spacial score (nSPS) is 11.3. The van der Waals surface area contributed by atoms with Gasteiger partial charge in [-0.2, -0.15) is 0 Å². The number of anilines is 1. The van der Waals surface area contributed by atoms with Crippen LogP contribution < -0.4 is 5.32 Å². The Morgan fingerprint density at radius 2 is 1.50 bits per heavy atom. The third kappa shape index (κ3) is 3.51. The van der Waals surface area contributed by atoms with Crippen molar-refractivity contribution in [3.8, 4) is 5.69 Å². The molecule has 3 aromatic rings. The van der Waals surface area contributed by atoms with Gasteiger partial charge in [-0.3, -0.25) is 9.36 Å². The van der Waals surface area contributed by atoms with Crippen LogP contribution in [0, 0.1) is 0 Å². The summed E-state index contributed by atoms with van der Waals surface area (Å²) in [5, 5.41) is 10.5. The average Bonchev–Trinajstić information content (AvgIpc) is 3.09. The summed E-state index contributed by atoms with van der Waals surface area (Å²) in [5.41, 5.74) is 3.61. The molecule has 0 spiro atoms. The molecule has 0 atom stereocenters. The van der Waals surface area contributed by atoms with Crippen LogP contribution >= 0.6 is 0 Å². The minimum Gasteiger partial charge on any atom is -0.322 e. The van der Waals surface area contributed by atoms with Gasteiger partial charge >= 0.3 is 0 Å². The highest BCUT2D eigenvalue weighted by molar-refractivity contribution is 6.04. The first kappa shape index (κ1) is 15.9. The van der Waals surface area contributed by atoms with E-state index in [4.69, 9.17) is 0 Å². The molecule has 5 nitrogen and oxygen atoms in total. The van der Waals surface area contributed by atoms with Crippen molar-refractivity contribution < 1.29 is 4.79 Å². The predicted molar refractivity (Wildman–Crippen MR) is 94.5 cm³/mol. The number of hydrogen-bond donors (Lipinski definition) is 1. The van der Waals surface area contributed by atoms with Crippen LogP contribution in [0.1, 0.15) is 36.7 Å². The Morgan fingerprint density at radius 3 is 2.04 bits per heavy atom. The van der Waals surface area contributed by atoms with Crippen molar-refractivity contribution in [1.82, 2.24) is 14.8 Å². The molecule has 3 rings (SSSR count). The van der Waals surface area contributed by atoms with Gasteiger partial charge in [-0.1, -0.05) is 32.9 Å². The summed E-state index contributed by atoms with van der Waals surface area (Å²) in [4.78, 5) is 12.4. The maximum atomic E-state index is 12.4. The van der Waals surface area contributed by atoms with E-state index in [1.807, 2.05) is 48.5 Å². The lowest BCUT2D eigenvalue weighted by molar-refractivity contribution is 0.102. The Kier molecular flexibility index (Phi) is 4.16. The molecule has 1 aromatic heterocycles. The number of benzene rings is 2. The Labute approximate surface area is 141 Å². The maximum absolute atomic E-state index is 12.4. The van der Waals surface area contributed by atoms with Gasteiger partial charge in [0.1, 0.15) is 12.7 Å². The molecule has 1 heterocycles. The molecule has 0 aliphatic rings. The first-order valence-corrected chi connectivity index (χ1v) is 7.80. The Morgan fingerprint density at radius 1 is 0.917 bits per heavy atom. The van der Waals surface area contributed by atoms with Crippen molar-refractivity contribution >= 4 is 11.6 Å². The summed E-state index contributed by atoms with van der Waals surface area (Å²) in [5.74, 6) is -0.118. The molecule has 0 unspecified atom stereocenters. The fourth-order valence-electron chi connectivity index (χ4n) is 2.38. The van der Waals surface area contributed by atoms with Gasteiger partial charge < -0.3 is 5.32 Å². The fourth-order valence-corrected chi connectivity index (χ4v) is 2.38. The van der Waals surface area contributed by atoms with Crippen molar-refractivity contribution in [3.63, 3.8) is 0 Å². The lowest BCUT2D eigenvalue weighted by Gasteiger charge is -2.19. The third-order valence-corrected chi connectivity index (χ3v) is 3.86. The van der Waals surface area contributed by atoms with E-state index >= 15 is 0 Å². The second-order valence-electron chi connectivity index (χ2n) is 6.70. The average molecular weight is 320 g/mol. The van der Waals surface area contributed by atoms with Crippen LogP contribution in [0.4, 0.5) is 5.69 Å². The number of nitrogens with one attached hydrogen (secondary N) is 1. The number of aromatic nitrogens is 3. The number of carbonyl (C=O) groups excluding carboxylic acids is 1. The number of amides is 1. The second kappa shape index (κ2) is 6.28. The molecule has 0 aliphatic carbocycles. The Balaban J connectivity index is 1.70. The van der Waals surface area contributed by atoms with Crippen molar-refractivity contribution in [2.45, 2.75) is 26.2 Å². The van der Waals surface area contributed by atoms with E-state index in [1.54, 1.807) is 17.2 Å². The van der Waals surface area contributed by atoms with Crippen LogP contribution in [0.5, 0.6) is 0 Å². The van der Waals surface area contributed by atoms with E-state index in [0.717, 1.165) is 11.4 Å². The molecular weight excluding hydrogens is 300 g/mol. The van der Waals surface area contributed by atoms with Crippen LogP contribution in [-0.2, 0) is 5.41 Å². The minimum atomic E-state index is -0.118. The predicted octanol–water partition coefficient (Wildman–Crippen LogP) is 3.82. The Hall–Kier alpha value is -2.95. The quantitative estimate of drug-likeness (QED) is 0.798. The van der Waals surface area contributed by atoms with E-state index in [2.05, 4.69) is 36.3 Å². The van der Waals surface area contributed by atoms with Crippen molar-refractivity contribution in [2.24, 2.45) is 0 Å². The van der Waals surface area contributed by atoms with Gasteiger partial charge in [0.05, 0.1) is 0 Å². The lowest BCUT2D eigenvalue weighted by Crippen LogP contribution is -2.14. The molecule has 0 radical (unpaired) electrons. The molecule has 1 amide bonds. The summed E-state index contributed by atoms with van der Waals surface area (Å²) in [6.45, 7) is 6.46. The zero-order chi connectivity index (χ0) is 17.2. The van der Waals surface area contributed by atoms with Gasteiger partial charge in [-0.25, -0.2) is 0 Å². The van der Waals surface area contributed by atoms with Crippen molar-refractivity contribution in [3.05, 3.63) is 72.3 Å². The molecule has 5 heteroatoms.